The number of carbonyl (C=O) groups is 1. The van der Waals surface area contributed by atoms with Crippen LogP contribution in [0, 0.1) is 5.92 Å². The number of nitrogens with one attached hydrogen (secondary N) is 2. The van der Waals surface area contributed by atoms with Crippen molar-refractivity contribution in [3.05, 3.63) is 0 Å². The molecule has 3 N–H and O–H groups in total. The molecule has 0 rings (SSSR count). The van der Waals surface area contributed by atoms with Gasteiger partial charge >= 0.3 is 5.97 Å². The average Bonchev–Trinajstić information content (AvgIpc) is 1.98. The highest BCUT2D eigenvalue weighted by molar-refractivity contribution is 7.87. The van der Waals surface area contributed by atoms with Gasteiger partial charge in [-0.3, -0.25) is 4.79 Å². The van der Waals surface area contributed by atoms with Gasteiger partial charge in [-0.1, -0.05) is 6.92 Å². The van der Waals surface area contributed by atoms with Crippen molar-refractivity contribution < 1.29 is 18.3 Å². The highest BCUT2D eigenvalue weighted by Gasteiger charge is 2.24. The third kappa shape index (κ3) is 5.71. The van der Waals surface area contributed by atoms with Gasteiger partial charge in [-0.25, -0.2) is 0 Å². The van der Waals surface area contributed by atoms with Crippen molar-refractivity contribution in [1.82, 2.24) is 9.44 Å². The molecule has 6 nitrogen and oxygen atoms in total. The predicted octanol–water partition coefficient (Wildman–Crippen LogP) is -0.0720. The van der Waals surface area contributed by atoms with Crippen LogP contribution in [0.5, 0.6) is 0 Å². The zero-order valence-corrected chi connectivity index (χ0v) is 10.1. The predicted molar refractivity (Wildman–Crippen MR) is 56.6 cm³/mol. The van der Waals surface area contributed by atoms with Crippen LogP contribution in [-0.4, -0.2) is 31.6 Å². The van der Waals surface area contributed by atoms with E-state index in [0.29, 0.717) is 0 Å². The van der Waals surface area contributed by atoms with Crippen molar-refractivity contribution in [3.63, 3.8) is 0 Å². The highest BCUT2D eigenvalue weighted by atomic mass is 32.2. The van der Waals surface area contributed by atoms with E-state index in [2.05, 4.69) is 9.44 Å². The Hall–Kier alpha value is -0.660. The first kappa shape index (κ1) is 14.3. The first-order valence-corrected chi connectivity index (χ1v) is 6.16. The van der Waals surface area contributed by atoms with Crippen LogP contribution in [0.4, 0.5) is 0 Å². The van der Waals surface area contributed by atoms with Gasteiger partial charge in [0, 0.05) is 12.1 Å². The van der Waals surface area contributed by atoms with Crippen molar-refractivity contribution in [2.75, 3.05) is 0 Å². The molecule has 7 heteroatoms. The lowest BCUT2D eigenvalue weighted by atomic mass is 10.1. The van der Waals surface area contributed by atoms with Gasteiger partial charge in [-0.05, 0) is 20.8 Å². The standard InChI is InChI=1S/C8H18N2O4S/c1-5(2)9-15(13,14)10-7(4)6(3)8(11)12/h5-7,9-10H,1-4H3,(H,11,12). The summed E-state index contributed by atoms with van der Waals surface area (Å²) in [5.41, 5.74) is 0. The van der Waals surface area contributed by atoms with Crippen molar-refractivity contribution in [2.24, 2.45) is 5.92 Å². The quantitative estimate of drug-likeness (QED) is 0.603. The molecular weight excluding hydrogens is 220 g/mol. The zero-order chi connectivity index (χ0) is 12.2. The summed E-state index contributed by atoms with van der Waals surface area (Å²) >= 11 is 0. The fourth-order valence-corrected chi connectivity index (χ4v) is 2.29. The van der Waals surface area contributed by atoms with E-state index in [9.17, 15) is 13.2 Å². The number of carboxylic acids is 1. The van der Waals surface area contributed by atoms with Crippen molar-refractivity contribution in [1.29, 1.82) is 0 Å². The summed E-state index contributed by atoms with van der Waals surface area (Å²) in [5, 5.41) is 8.68. The first-order chi connectivity index (χ1) is 6.65. The Balaban J connectivity index is 4.40. The minimum Gasteiger partial charge on any atom is -0.481 e. The van der Waals surface area contributed by atoms with Crippen LogP contribution in [0.15, 0.2) is 0 Å². The normalized spacial score (nSPS) is 16.3. The molecule has 90 valence electrons. The molecule has 0 aromatic carbocycles. The van der Waals surface area contributed by atoms with Crippen LogP contribution >= 0.6 is 0 Å². The third-order valence-electron chi connectivity index (χ3n) is 1.87. The average molecular weight is 238 g/mol. The van der Waals surface area contributed by atoms with Gasteiger partial charge in [0.25, 0.3) is 10.2 Å². The molecule has 0 aliphatic carbocycles. The van der Waals surface area contributed by atoms with Gasteiger partial charge < -0.3 is 5.11 Å². The van der Waals surface area contributed by atoms with E-state index in [-0.39, 0.29) is 6.04 Å². The summed E-state index contributed by atoms with van der Waals surface area (Å²) in [7, 11) is -3.62. The fourth-order valence-electron chi connectivity index (χ4n) is 0.905. The van der Waals surface area contributed by atoms with Crippen LogP contribution in [0.3, 0.4) is 0 Å². The van der Waals surface area contributed by atoms with Gasteiger partial charge in [-0.2, -0.15) is 17.9 Å². The van der Waals surface area contributed by atoms with Gasteiger partial charge in [0.1, 0.15) is 0 Å². The van der Waals surface area contributed by atoms with Crippen LogP contribution in [-0.2, 0) is 15.0 Å². The molecule has 15 heavy (non-hydrogen) atoms. The van der Waals surface area contributed by atoms with Crippen LogP contribution < -0.4 is 9.44 Å². The number of hydrogen-bond donors (Lipinski definition) is 3. The largest absolute Gasteiger partial charge is 0.481 e. The number of rotatable bonds is 6. The lowest BCUT2D eigenvalue weighted by molar-refractivity contribution is -0.141. The molecule has 0 spiro atoms. The van der Waals surface area contributed by atoms with Crippen molar-refractivity contribution in [3.8, 4) is 0 Å². The highest BCUT2D eigenvalue weighted by Crippen LogP contribution is 2.03. The zero-order valence-electron chi connectivity index (χ0n) is 9.31. The molecule has 0 bridgehead atoms. The van der Waals surface area contributed by atoms with Crippen molar-refractivity contribution in [2.45, 2.75) is 39.8 Å². The van der Waals surface area contributed by atoms with E-state index in [1.165, 1.54) is 13.8 Å². The lowest BCUT2D eigenvalue weighted by Gasteiger charge is -2.19. The Bertz CT molecular complexity index is 313. The molecule has 0 fully saturated rings. The molecular formula is C8H18N2O4S. The maximum absolute atomic E-state index is 11.4. The fraction of sp³-hybridized carbons (Fsp3) is 0.875. The molecule has 0 amide bonds. The van der Waals surface area contributed by atoms with Gasteiger partial charge in [0.15, 0.2) is 0 Å². The molecule has 2 atom stereocenters. The van der Waals surface area contributed by atoms with Crippen LogP contribution in [0.2, 0.25) is 0 Å². The second-order valence-corrected chi connectivity index (χ2v) is 5.29. The topological polar surface area (TPSA) is 95.5 Å². The minimum absolute atomic E-state index is 0.227. The summed E-state index contributed by atoms with van der Waals surface area (Å²) in [5.74, 6) is -1.80. The number of aliphatic carboxylic acids is 1. The second-order valence-electron chi connectivity index (χ2n) is 3.81. The Morgan fingerprint density at radius 3 is 1.93 bits per heavy atom. The van der Waals surface area contributed by atoms with Gasteiger partial charge in [0.05, 0.1) is 5.92 Å². The smallest absolute Gasteiger partial charge is 0.307 e. The molecule has 0 saturated heterocycles. The summed E-state index contributed by atoms with van der Waals surface area (Å²) in [4.78, 5) is 10.6. The molecule has 0 saturated carbocycles. The Morgan fingerprint density at radius 1 is 1.13 bits per heavy atom. The van der Waals surface area contributed by atoms with E-state index in [1.807, 2.05) is 0 Å². The molecule has 0 heterocycles. The minimum atomic E-state index is -3.62. The summed E-state index contributed by atoms with van der Waals surface area (Å²) in [6.45, 7) is 6.33. The van der Waals surface area contributed by atoms with E-state index >= 15 is 0 Å². The van der Waals surface area contributed by atoms with Gasteiger partial charge in [0.2, 0.25) is 0 Å². The number of hydrogen-bond acceptors (Lipinski definition) is 3. The third-order valence-corrected chi connectivity index (χ3v) is 3.34. The monoisotopic (exact) mass is 238 g/mol. The Morgan fingerprint density at radius 2 is 1.60 bits per heavy atom. The lowest BCUT2D eigenvalue weighted by Crippen LogP contribution is -2.47. The van der Waals surface area contributed by atoms with Crippen LogP contribution in [0.1, 0.15) is 27.7 Å². The maximum atomic E-state index is 11.4. The Labute approximate surface area is 90.2 Å². The summed E-state index contributed by atoms with van der Waals surface area (Å²) < 4.78 is 27.3. The molecule has 0 aliphatic rings. The SMILES string of the molecule is CC(C)NS(=O)(=O)NC(C)C(C)C(=O)O. The maximum Gasteiger partial charge on any atom is 0.307 e. The summed E-state index contributed by atoms with van der Waals surface area (Å²) in [6, 6.07) is -0.881. The van der Waals surface area contributed by atoms with Crippen molar-refractivity contribution >= 4 is 16.2 Å². The molecule has 0 aliphatic heterocycles. The molecule has 0 aromatic heterocycles. The molecule has 0 aromatic rings. The number of carboxylic acid groups (broad SMARTS) is 1. The molecule has 2 unspecified atom stereocenters. The Kier molecular flexibility index (Phi) is 5.19. The molecule has 0 radical (unpaired) electrons. The first-order valence-electron chi connectivity index (χ1n) is 4.68. The second kappa shape index (κ2) is 5.43. The van der Waals surface area contributed by atoms with Crippen LogP contribution in [0.25, 0.3) is 0 Å². The summed E-state index contributed by atoms with van der Waals surface area (Å²) in [6.07, 6.45) is 0. The van der Waals surface area contributed by atoms with E-state index in [1.54, 1.807) is 13.8 Å². The van der Waals surface area contributed by atoms with E-state index in [4.69, 9.17) is 5.11 Å². The van der Waals surface area contributed by atoms with E-state index < -0.39 is 28.1 Å². The van der Waals surface area contributed by atoms with Gasteiger partial charge in [-0.15, -0.1) is 0 Å². The van der Waals surface area contributed by atoms with E-state index in [0.717, 1.165) is 0 Å².